The Morgan fingerprint density at radius 2 is 2.26 bits per heavy atom. The molecule has 0 spiro atoms. The fourth-order valence-corrected chi connectivity index (χ4v) is 2.29. The molecule has 7 heteroatoms. The second kappa shape index (κ2) is 4.93. The summed E-state index contributed by atoms with van der Waals surface area (Å²) in [6.45, 7) is 0. The lowest BCUT2D eigenvalue weighted by molar-refractivity contribution is 0.148. The summed E-state index contributed by atoms with van der Waals surface area (Å²) in [6, 6.07) is 1.64. The molecular weight excluding hydrogens is 248 g/mol. The third-order valence-corrected chi connectivity index (χ3v) is 3.32. The van der Waals surface area contributed by atoms with E-state index in [9.17, 15) is 5.11 Å². The van der Waals surface area contributed by atoms with E-state index in [0.29, 0.717) is 23.3 Å². The highest BCUT2D eigenvalue weighted by atomic mass is 16.5. The van der Waals surface area contributed by atoms with Crippen molar-refractivity contribution in [3.8, 4) is 17.4 Å². The molecule has 19 heavy (non-hydrogen) atoms. The first kappa shape index (κ1) is 12.0. The molecule has 7 nitrogen and oxygen atoms in total. The Hall–Kier alpha value is -2.02. The van der Waals surface area contributed by atoms with Crippen LogP contribution in [0.3, 0.4) is 0 Å². The van der Waals surface area contributed by atoms with Gasteiger partial charge in [-0.15, -0.1) is 0 Å². The standard InChI is InChI=1S/C12H14N4O3/c1-18-10-5-8(13-6-14-10)11-15-12(19-16-11)7-3-2-4-9(7)17/h5-7,9,17H,2-4H2,1H3. The van der Waals surface area contributed by atoms with Gasteiger partial charge in [-0.3, -0.25) is 0 Å². The molecule has 1 saturated carbocycles. The summed E-state index contributed by atoms with van der Waals surface area (Å²) in [5, 5.41) is 13.7. The maximum atomic E-state index is 9.83. The number of aliphatic hydroxyl groups excluding tert-OH is 1. The molecular formula is C12H14N4O3. The molecule has 2 aromatic rings. The maximum absolute atomic E-state index is 9.83. The molecule has 0 radical (unpaired) electrons. The van der Waals surface area contributed by atoms with Gasteiger partial charge in [0.1, 0.15) is 12.0 Å². The summed E-state index contributed by atoms with van der Waals surface area (Å²) in [5.41, 5.74) is 0.536. The largest absolute Gasteiger partial charge is 0.481 e. The predicted octanol–water partition coefficient (Wildman–Crippen LogP) is 1.16. The third-order valence-electron chi connectivity index (χ3n) is 3.32. The zero-order valence-corrected chi connectivity index (χ0v) is 10.5. The minimum Gasteiger partial charge on any atom is -0.481 e. The molecule has 0 aliphatic heterocycles. The lowest BCUT2D eigenvalue weighted by atomic mass is 10.1. The highest BCUT2D eigenvalue weighted by Crippen LogP contribution is 2.34. The van der Waals surface area contributed by atoms with Gasteiger partial charge in [0.05, 0.1) is 19.1 Å². The van der Waals surface area contributed by atoms with Crippen LogP contribution in [0.25, 0.3) is 11.5 Å². The van der Waals surface area contributed by atoms with Crippen LogP contribution in [-0.4, -0.2) is 38.4 Å². The number of hydrogen-bond acceptors (Lipinski definition) is 7. The topological polar surface area (TPSA) is 94.2 Å². The molecule has 2 unspecified atom stereocenters. The van der Waals surface area contributed by atoms with Crippen molar-refractivity contribution in [3.63, 3.8) is 0 Å². The molecule has 100 valence electrons. The summed E-state index contributed by atoms with van der Waals surface area (Å²) in [4.78, 5) is 12.3. The highest BCUT2D eigenvalue weighted by Gasteiger charge is 2.31. The van der Waals surface area contributed by atoms with Crippen LogP contribution < -0.4 is 4.74 Å². The van der Waals surface area contributed by atoms with Gasteiger partial charge in [0.2, 0.25) is 17.6 Å². The minimum atomic E-state index is -0.395. The van der Waals surface area contributed by atoms with E-state index in [4.69, 9.17) is 9.26 Å². The molecule has 2 atom stereocenters. The van der Waals surface area contributed by atoms with Crippen molar-refractivity contribution in [1.29, 1.82) is 0 Å². The molecule has 0 aromatic carbocycles. The molecule has 1 N–H and O–H groups in total. The number of methoxy groups -OCH3 is 1. The fourth-order valence-electron chi connectivity index (χ4n) is 2.29. The SMILES string of the molecule is COc1cc(-c2noc(C3CCCC3O)n2)ncn1. The van der Waals surface area contributed by atoms with Crippen molar-refractivity contribution >= 4 is 0 Å². The molecule has 3 rings (SSSR count). The first-order chi connectivity index (χ1) is 9.28. The summed E-state index contributed by atoms with van der Waals surface area (Å²) in [7, 11) is 1.53. The second-order valence-electron chi connectivity index (χ2n) is 4.51. The Morgan fingerprint density at radius 3 is 3.00 bits per heavy atom. The highest BCUT2D eigenvalue weighted by molar-refractivity contribution is 5.49. The minimum absolute atomic E-state index is 0.0648. The first-order valence-corrected chi connectivity index (χ1v) is 6.16. The number of aromatic nitrogens is 4. The van der Waals surface area contributed by atoms with Crippen LogP contribution in [0, 0.1) is 0 Å². The van der Waals surface area contributed by atoms with E-state index < -0.39 is 6.10 Å². The summed E-state index contributed by atoms with van der Waals surface area (Å²) in [5.74, 6) is 1.23. The Kier molecular flexibility index (Phi) is 3.12. The van der Waals surface area contributed by atoms with E-state index in [2.05, 4.69) is 20.1 Å². The Bertz CT molecular complexity index is 572. The van der Waals surface area contributed by atoms with E-state index >= 15 is 0 Å². The average Bonchev–Trinajstić information content (AvgIpc) is 3.07. The normalized spacial score (nSPS) is 22.6. The molecule has 2 heterocycles. The smallest absolute Gasteiger partial charge is 0.232 e. The van der Waals surface area contributed by atoms with Crippen LogP contribution in [0.2, 0.25) is 0 Å². The van der Waals surface area contributed by atoms with Crippen molar-refractivity contribution in [3.05, 3.63) is 18.3 Å². The van der Waals surface area contributed by atoms with Crippen molar-refractivity contribution in [2.75, 3.05) is 7.11 Å². The summed E-state index contributed by atoms with van der Waals surface area (Å²) in [6.07, 6.45) is 3.62. The lowest BCUT2D eigenvalue weighted by Gasteiger charge is -2.07. The lowest BCUT2D eigenvalue weighted by Crippen LogP contribution is -2.11. The van der Waals surface area contributed by atoms with E-state index in [-0.39, 0.29) is 5.92 Å². The fraction of sp³-hybridized carbons (Fsp3) is 0.500. The van der Waals surface area contributed by atoms with Gasteiger partial charge < -0.3 is 14.4 Å². The zero-order chi connectivity index (χ0) is 13.2. The van der Waals surface area contributed by atoms with E-state index in [1.165, 1.54) is 13.4 Å². The van der Waals surface area contributed by atoms with Crippen molar-refractivity contribution in [2.24, 2.45) is 0 Å². The number of ether oxygens (including phenoxy) is 1. The van der Waals surface area contributed by atoms with Gasteiger partial charge in [0.25, 0.3) is 0 Å². The van der Waals surface area contributed by atoms with Crippen LogP contribution in [0.1, 0.15) is 31.1 Å². The Morgan fingerprint density at radius 1 is 1.37 bits per heavy atom. The van der Waals surface area contributed by atoms with E-state index in [1.807, 2.05) is 0 Å². The van der Waals surface area contributed by atoms with E-state index in [0.717, 1.165) is 19.3 Å². The van der Waals surface area contributed by atoms with Crippen LogP contribution in [0.4, 0.5) is 0 Å². The number of hydrogen-bond donors (Lipinski definition) is 1. The molecule has 0 bridgehead atoms. The Labute approximate surface area is 109 Å². The molecule has 2 aromatic heterocycles. The second-order valence-corrected chi connectivity index (χ2v) is 4.51. The first-order valence-electron chi connectivity index (χ1n) is 6.16. The predicted molar refractivity (Wildman–Crippen MR) is 64.5 cm³/mol. The van der Waals surface area contributed by atoms with Gasteiger partial charge in [-0.1, -0.05) is 5.16 Å². The van der Waals surface area contributed by atoms with Crippen molar-refractivity contribution < 1.29 is 14.4 Å². The van der Waals surface area contributed by atoms with Gasteiger partial charge in [-0.25, -0.2) is 9.97 Å². The van der Waals surface area contributed by atoms with Gasteiger partial charge in [-0.2, -0.15) is 4.98 Å². The Balaban J connectivity index is 1.88. The van der Waals surface area contributed by atoms with Gasteiger partial charge in [0, 0.05) is 6.07 Å². The average molecular weight is 262 g/mol. The van der Waals surface area contributed by atoms with Crippen LogP contribution in [0.15, 0.2) is 16.9 Å². The third kappa shape index (κ3) is 2.28. The number of nitrogens with zero attached hydrogens (tertiary/aromatic N) is 4. The monoisotopic (exact) mass is 262 g/mol. The maximum Gasteiger partial charge on any atom is 0.232 e. The summed E-state index contributed by atoms with van der Waals surface area (Å²) < 4.78 is 10.2. The van der Waals surface area contributed by atoms with Crippen LogP contribution in [0.5, 0.6) is 5.88 Å². The van der Waals surface area contributed by atoms with E-state index in [1.54, 1.807) is 6.07 Å². The van der Waals surface area contributed by atoms with Crippen molar-refractivity contribution in [1.82, 2.24) is 20.1 Å². The van der Waals surface area contributed by atoms with Gasteiger partial charge in [0.15, 0.2) is 0 Å². The summed E-state index contributed by atoms with van der Waals surface area (Å²) >= 11 is 0. The zero-order valence-electron chi connectivity index (χ0n) is 10.5. The van der Waals surface area contributed by atoms with Crippen LogP contribution in [-0.2, 0) is 0 Å². The molecule has 0 saturated heterocycles. The number of rotatable bonds is 3. The van der Waals surface area contributed by atoms with Gasteiger partial charge in [-0.05, 0) is 19.3 Å². The van der Waals surface area contributed by atoms with Gasteiger partial charge >= 0.3 is 0 Å². The number of aliphatic hydroxyl groups is 1. The van der Waals surface area contributed by atoms with Crippen molar-refractivity contribution in [2.45, 2.75) is 31.3 Å². The molecule has 1 fully saturated rings. The quantitative estimate of drug-likeness (QED) is 0.886. The van der Waals surface area contributed by atoms with Crippen LogP contribution >= 0.6 is 0 Å². The molecule has 0 amide bonds. The molecule has 1 aliphatic rings. The molecule has 1 aliphatic carbocycles.